The Morgan fingerprint density at radius 2 is 2.27 bits per heavy atom. The topological polar surface area (TPSA) is 82.1 Å². The number of aliphatic hydroxyl groups excluding tert-OH is 1. The first kappa shape index (κ1) is 16.2. The number of benzene rings is 1. The minimum atomic E-state index is -1.29. The molecule has 0 saturated carbocycles. The van der Waals surface area contributed by atoms with Crippen LogP contribution in [0.25, 0.3) is 0 Å². The minimum Gasteiger partial charge on any atom is -0.492 e. The zero-order valence-corrected chi connectivity index (χ0v) is 12.1. The number of carbonyl (C=O) groups is 2. The molecule has 1 N–H and O–H groups in total. The number of fused-ring (bicyclic) bond motifs is 1. The number of halogens is 1. The van der Waals surface area contributed by atoms with Crippen molar-refractivity contribution in [3.05, 3.63) is 22.8 Å². The van der Waals surface area contributed by atoms with Crippen LogP contribution in [0.1, 0.15) is 39.1 Å². The van der Waals surface area contributed by atoms with Crippen LogP contribution in [0.15, 0.2) is 6.07 Å². The van der Waals surface area contributed by atoms with E-state index in [4.69, 9.17) is 14.2 Å². The molecule has 0 bridgehead atoms. The average molecular weight is 312 g/mol. The number of aldehydes is 1. The van der Waals surface area contributed by atoms with Crippen molar-refractivity contribution in [1.29, 1.82) is 0 Å². The molecule has 0 fully saturated rings. The van der Waals surface area contributed by atoms with Crippen molar-refractivity contribution in [1.82, 2.24) is 0 Å². The molecule has 22 heavy (non-hydrogen) atoms. The number of hydrogen-bond acceptors (Lipinski definition) is 6. The van der Waals surface area contributed by atoms with Crippen LogP contribution in [-0.4, -0.2) is 44.0 Å². The van der Waals surface area contributed by atoms with Gasteiger partial charge < -0.3 is 19.3 Å². The first-order valence-electron chi connectivity index (χ1n) is 6.89. The van der Waals surface area contributed by atoms with E-state index in [0.29, 0.717) is 24.7 Å². The standard InChI is InChI=1S/C15H17FO6/c1-20-14-11(8-17)9-7-13(18)22-15(19)10(9)6-12(14)21-5-3-2-4-16/h6,8,13,18H,2-5,7H2,1H3. The van der Waals surface area contributed by atoms with Gasteiger partial charge in [-0.25, -0.2) is 4.79 Å². The summed E-state index contributed by atoms with van der Waals surface area (Å²) in [5, 5.41) is 9.51. The van der Waals surface area contributed by atoms with Crippen molar-refractivity contribution < 1.29 is 33.3 Å². The number of esters is 1. The van der Waals surface area contributed by atoms with Gasteiger partial charge in [0.05, 0.1) is 31.5 Å². The van der Waals surface area contributed by atoms with Crippen LogP contribution in [0.2, 0.25) is 0 Å². The Hall–Kier alpha value is -2.15. The summed E-state index contributed by atoms with van der Waals surface area (Å²) < 4.78 is 27.5. The maximum absolute atomic E-state index is 12.1. The monoisotopic (exact) mass is 312 g/mol. The van der Waals surface area contributed by atoms with Gasteiger partial charge in [0, 0.05) is 6.42 Å². The fourth-order valence-electron chi connectivity index (χ4n) is 2.33. The second-order valence-electron chi connectivity index (χ2n) is 4.77. The summed E-state index contributed by atoms with van der Waals surface area (Å²) in [4.78, 5) is 23.2. The zero-order valence-electron chi connectivity index (χ0n) is 12.1. The largest absolute Gasteiger partial charge is 0.492 e. The number of methoxy groups -OCH3 is 1. The summed E-state index contributed by atoms with van der Waals surface area (Å²) in [6.45, 7) is -0.205. The van der Waals surface area contributed by atoms with Crippen LogP contribution in [0.3, 0.4) is 0 Å². The average Bonchev–Trinajstić information content (AvgIpc) is 2.50. The molecule has 1 aromatic rings. The summed E-state index contributed by atoms with van der Waals surface area (Å²) in [7, 11) is 1.38. The van der Waals surface area contributed by atoms with Crippen LogP contribution in [0.4, 0.5) is 4.39 Å². The molecule has 1 aromatic carbocycles. The Morgan fingerprint density at radius 1 is 1.50 bits per heavy atom. The first-order valence-corrected chi connectivity index (χ1v) is 6.89. The number of cyclic esters (lactones) is 1. The summed E-state index contributed by atoms with van der Waals surface area (Å²) >= 11 is 0. The third kappa shape index (κ3) is 3.19. The molecular formula is C15H17FO6. The lowest BCUT2D eigenvalue weighted by Gasteiger charge is -2.24. The van der Waals surface area contributed by atoms with Crippen LogP contribution in [0.5, 0.6) is 11.5 Å². The predicted octanol–water partition coefficient (Wildman–Crippen LogP) is 1.67. The Balaban J connectivity index is 2.40. The number of carbonyl (C=O) groups excluding carboxylic acids is 2. The van der Waals surface area contributed by atoms with Crippen LogP contribution >= 0.6 is 0 Å². The molecule has 0 spiro atoms. The van der Waals surface area contributed by atoms with Crippen molar-refractivity contribution in [3.63, 3.8) is 0 Å². The second kappa shape index (κ2) is 7.22. The van der Waals surface area contributed by atoms with E-state index in [2.05, 4.69) is 0 Å². The first-order chi connectivity index (χ1) is 10.6. The maximum Gasteiger partial charge on any atom is 0.340 e. The quantitative estimate of drug-likeness (QED) is 0.468. The fourth-order valence-corrected chi connectivity index (χ4v) is 2.33. The third-order valence-corrected chi connectivity index (χ3v) is 3.34. The molecule has 0 amide bonds. The van der Waals surface area contributed by atoms with Crippen molar-refractivity contribution in [2.24, 2.45) is 0 Å². The molecule has 2 rings (SSSR count). The maximum atomic E-state index is 12.1. The molecule has 1 atom stereocenters. The van der Waals surface area contributed by atoms with Gasteiger partial charge in [0.2, 0.25) is 6.29 Å². The molecular weight excluding hydrogens is 295 g/mol. The number of unbranched alkanes of at least 4 members (excludes halogenated alkanes) is 1. The van der Waals surface area contributed by atoms with E-state index in [1.807, 2.05) is 0 Å². The molecule has 6 nitrogen and oxygen atoms in total. The van der Waals surface area contributed by atoms with Crippen molar-refractivity contribution >= 4 is 12.3 Å². The van der Waals surface area contributed by atoms with E-state index in [1.54, 1.807) is 0 Å². The number of ether oxygens (including phenoxy) is 3. The predicted molar refractivity (Wildman–Crippen MR) is 74.2 cm³/mol. The van der Waals surface area contributed by atoms with Gasteiger partial charge >= 0.3 is 5.97 Å². The number of alkyl halides is 1. The highest BCUT2D eigenvalue weighted by Gasteiger charge is 2.31. The molecule has 1 aliphatic heterocycles. The van der Waals surface area contributed by atoms with Gasteiger partial charge in [-0.15, -0.1) is 0 Å². The lowest BCUT2D eigenvalue weighted by molar-refractivity contribution is -0.0688. The van der Waals surface area contributed by atoms with Crippen molar-refractivity contribution in [3.8, 4) is 11.5 Å². The van der Waals surface area contributed by atoms with E-state index < -0.39 is 18.9 Å². The lowest BCUT2D eigenvalue weighted by atomic mass is 9.95. The van der Waals surface area contributed by atoms with E-state index in [9.17, 15) is 19.1 Å². The Morgan fingerprint density at radius 3 is 2.91 bits per heavy atom. The summed E-state index contributed by atoms with van der Waals surface area (Å²) in [5.74, 6) is -0.320. The Labute approximate surface area is 126 Å². The second-order valence-corrected chi connectivity index (χ2v) is 4.77. The van der Waals surface area contributed by atoms with Gasteiger partial charge in [0.15, 0.2) is 17.8 Å². The van der Waals surface area contributed by atoms with Gasteiger partial charge in [0.25, 0.3) is 0 Å². The van der Waals surface area contributed by atoms with E-state index in [-0.39, 0.29) is 35.7 Å². The van der Waals surface area contributed by atoms with E-state index in [0.717, 1.165) is 0 Å². The lowest BCUT2D eigenvalue weighted by Crippen LogP contribution is -2.28. The zero-order chi connectivity index (χ0) is 16.1. The van der Waals surface area contributed by atoms with Crippen LogP contribution in [-0.2, 0) is 11.2 Å². The van der Waals surface area contributed by atoms with Crippen LogP contribution < -0.4 is 9.47 Å². The summed E-state index contributed by atoms with van der Waals surface area (Å²) in [6, 6.07) is 1.42. The molecule has 0 saturated heterocycles. The minimum absolute atomic E-state index is 0.00758. The van der Waals surface area contributed by atoms with Crippen molar-refractivity contribution in [2.45, 2.75) is 25.6 Å². The van der Waals surface area contributed by atoms with E-state index >= 15 is 0 Å². The highest BCUT2D eigenvalue weighted by atomic mass is 19.1. The molecule has 0 aromatic heterocycles. The number of aliphatic hydroxyl groups is 1. The van der Waals surface area contributed by atoms with Crippen LogP contribution in [0, 0.1) is 0 Å². The molecule has 1 aliphatic rings. The Bertz CT molecular complexity index is 572. The third-order valence-electron chi connectivity index (χ3n) is 3.34. The van der Waals surface area contributed by atoms with Gasteiger partial charge in [-0.2, -0.15) is 0 Å². The highest BCUT2D eigenvalue weighted by Crippen LogP contribution is 2.37. The molecule has 7 heteroatoms. The molecule has 0 aliphatic carbocycles. The fraction of sp³-hybridized carbons (Fsp3) is 0.467. The molecule has 1 heterocycles. The SMILES string of the molecule is COc1c(OCCCCF)cc2c(c1C=O)CC(O)OC2=O. The van der Waals surface area contributed by atoms with Gasteiger partial charge in [0.1, 0.15) is 0 Å². The Kier molecular flexibility index (Phi) is 5.32. The summed E-state index contributed by atoms with van der Waals surface area (Å²) in [6.07, 6.45) is 0.128. The molecule has 1 unspecified atom stereocenters. The van der Waals surface area contributed by atoms with Gasteiger partial charge in [-0.3, -0.25) is 9.18 Å². The molecule has 0 radical (unpaired) electrons. The normalized spacial score (nSPS) is 16.7. The highest BCUT2D eigenvalue weighted by molar-refractivity contribution is 5.97. The summed E-state index contributed by atoms with van der Waals surface area (Å²) in [5.41, 5.74) is 0.677. The van der Waals surface area contributed by atoms with Crippen molar-refractivity contribution in [2.75, 3.05) is 20.4 Å². The van der Waals surface area contributed by atoms with E-state index in [1.165, 1.54) is 13.2 Å². The van der Waals surface area contributed by atoms with Gasteiger partial charge in [-0.1, -0.05) is 0 Å². The number of rotatable bonds is 7. The molecule has 120 valence electrons. The smallest absolute Gasteiger partial charge is 0.340 e. The number of hydrogen-bond donors (Lipinski definition) is 1. The van der Waals surface area contributed by atoms with Gasteiger partial charge in [-0.05, 0) is 24.5 Å².